The minimum atomic E-state index is -2.66. The molecule has 2 unspecified atom stereocenters. The van der Waals surface area contributed by atoms with Crippen molar-refractivity contribution in [2.75, 3.05) is 21.2 Å². The van der Waals surface area contributed by atoms with Crippen LogP contribution in [0.25, 0.3) is 5.76 Å². The summed E-state index contributed by atoms with van der Waals surface area (Å²) in [7, 11) is 4.85. The zero-order valence-corrected chi connectivity index (χ0v) is 22.6. The van der Waals surface area contributed by atoms with Crippen molar-refractivity contribution in [3.8, 4) is 11.5 Å². The molecule has 2 aromatic carbocycles. The molecule has 0 radical (unpaired) electrons. The lowest BCUT2D eigenvalue weighted by molar-refractivity contribution is -0.184. The number of rotatable bonds is 6. The number of nitrogens with two attached hydrogens (primary N) is 1. The molecule has 5 rings (SSSR count). The number of hydrogen-bond donors (Lipinski definition) is 5. The number of hydrogen-bond acceptors (Lipinski definition) is 9. The molecule has 6 atom stereocenters. The normalized spacial score (nSPS) is 29.6. The Hall–Kier alpha value is -3.73. The smallest absolute Gasteiger partial charge is 0.230 e. The number of amides is 1. The number of primary amides is 1. The number of aromatic hydroxyl groups is 1. The van der Waals surface area contributed by atoms with E-state index in [1.54, 1.807) is 32.2 Å². The molecular formula is C30H34N2O8. The Kier molecular flexibility index (Phi) is 6.98. The molecule has 1 amide bonds. The molecule has 2 fully saturated rings. The minimum Gasteiger partial charge on any atom is -0.507 e. The molecule has 40 heavy (non-hydrogen) atoms. The zero-order chi connectivity index (χ0) is 29.1. The molecule has 2 saturated carbocycles. The van der Waals surface area contributed by atoms with Gasteiger partial charge in [0.05, 0.1) is 18.8 Å². The van der Waals surface area contributed by atoms with Gasteiger partial charge in [0.1, 0.15) is 23.2 Å². The van der Waals surface area contributed by atoms with Crippen LogP contribution in [0.15, 0.2) is 42.0 Å². The Morgan fingerprint density at radius 2 is 1.77 bits per heavy atom. The van der Waals surface area contributed by atoms with E-state index < -0.39 is 58.7 Å². The number of ketones is 2. The van der Waals surface area contributed by atoms with Crippen molar-refractivity contribution < 1.29 is 39.5 Å². The van der Waals surface area contributed by atoms with Gasteiger partial charge in [-0.3, -0.25) is 14.4 Å². The van der Waals surface area contributed by atoms with Gasteiger partial charge in [0.15, 0.2) is 11.4 Å². The first-order chi connectivity index (χ1) is 18.9. The largest absolute Gasteiger partial charge is 0.507 e. The van der Waals surface area contributed by atoms with Crippen LogP contribution in [-0.2, 0) is 33.6 Å². The lowest BCUT2D eigenvalue weighted by atomic mass is 9.54. The van der Waals surface area contributed by atoms with Crippen LogP contribution >= 0.6 is 0 Å². The van der Waals surface area contributed by atoms with E-state index in [4.69, 9.17) is 10.5 Å². The van der Waals surface area contributed by atoms with Crippen molar-refractivity contribution in [1.29, 1.82) is 0 Å². The van der Waals surface area contributed by atoms with E-state index in [9.17, 15) is 34.8 Å². The predicted octanol–water partition coefficient (Wildman–Crippen LogP) is 0.923. The first kappa shape index (κ1) is 27.8. The molecule has 10 heteroatoms. The number of fused-ring (bicyclic) bond motifs is 3. The number of phenols is 1. The van der Waals surface area contributed by atoms with Crippen LogP contribution in [0.3, 0.4) is 0 Å². The molecular weight excluding hydrogens is 516 g/mol. The number of ether oxygens (including phenoxy) is 1. The van der Waals surface area contributed by atoms with E-state index in [-0.39, 0.29) is 29.7 Å². The van der Waals surface area contributed by atoms with Crippen molar-refractivity contribution in [2.24, 2.45) is 23.5 Å². The fourth-order valence-corrected chi connectivity index (χ4v) is 6.97. The van der Waals surface area contributed by atoms with Crippen molar-refractivity contribution in [1.82, 2.24) is 4.90 Å². The van der Waals surface area contributed by atoms with Gasteiger partial charge in [-0.15, -0.1) is 0 Å². The molecule has 3 aliphatic carbocycles. The van der Waals surface area contributed by atoms with Gasteiger partial charge in [0.2, 0.25) is 11.7 Å². The Labute approximate surface area is 231 Å². The summed E-state index contributed by atoms with van der Waals surface area (Å²) in [6.45, 7) is 0. The Morgan fingerprint density at radius 1 is 1.10 bits per heavy atom. The summed E-state index contributed by atoms with van der Waals surface area (Å²) in [6, 6.07) is 10.0. The number of benzene rings is 2. The Morgan fingerprint density at radius 3 is 2.38 bits per heavy atom. The zero-order valence-electron chi connectivity index (χ0n) is 22.6. The van der Waals surface area contributed by atoms with Gasteiger partial charge in [0.25, 0.3) is 0 Å². The maximum absolute atomic E-state index is 13.9. The topological polar surface area (TPSA) is 171 Å². The SMILES string of the molecule is COc1ccc(CCc2ccc(O)c3c2C[C@@H]2C[C@@H]4[C@@H](N(C)C)C(O)C(C(N)=O)C(=O)[C@]4(O)C(=O)C2=C3O)cc1. The van der Waals surface area contributed by atoms with Crippen molar-refractivity contribution >= 4 is 23.2 Å². The number of aliphatic hydroxyl groups is 3. The van der Waals surface area contributed by atoms with E-state index in [1.165, 1.54) is 6.07 Å². The second-order valence-corrected chi connectivity index (χ2v) is 11.2. The molecule has 2 aromatic rings. The van der Waals surface area contributed by atoms with Gasteiger partial charge in [-0.05, 0) is 80.6 Å². The molecule has 0 spiro atoms. The number of aryl methyl sites for hydroxylation is 2. The van der Waals surface area contributed by atoms with Gasteiger partial charge in [-0.2, -0.15) is 0 Å². The minimum absolute atomic E-state index is 0.0891. The van der Waals surface area contributed by atoms with Crippen LogP contribution in [0.1, 0.15) is 28.7 Å². The molecule has 0 saturated heterocycles. The van der Waals surface area contributed by atoms with E-state index in [2.05, 4.69) is 0 Å². The third kappa shape index (κ3) is 4.09. The number of likely N-dealkylation sites (N-methyl/N-ethyl adjacent to an activating group) is 1. The quantitative estimate of drug-likeness (QED) is 0.328. The van der Waals surface area contributed by atoms with Gasteiger partial charge < -0.3 is 35.8 Å². The highest BCUT2D eigenvalue weighted by atomic mass is 16.5. The van der Waals surface area contributed by atoms with Gasteiger partial charge in [0, 0.05) is 17.5 Å². The van der Waals surface area contributed by atoms with E-state index in [0.717, 1.165) is 16.9 Å². The molecule has 0 aromatic heterocycles. The Balaban J connectivity index is 1.56. The summed E-state index contributed by atoms with van der Waals surface area (Å²) in [5.74, 6) is -6.70. The number of aliphatic hydroxyl groups excluding tert-OH is 2. The monoisotopic (exact) mass is 550 g/mol. The second-order valence-electron chi connectivity index (χ2n) is 11.2. The number of methoxy groups -OCH3 is 1. The summed E-state index contributed by atoms with van der Waals surface area (Å²) < 4.78 is 5.22. The van der Waals surface area contributed by atoms with E-state index in [0.29, 0.717) is 18.4 Å². The summed E-state index contributed by atoms with van der Waals surface area (Å²) >= 11 is 0. The molecule has 0 heterocycles. The summed E-state index contributed by atoms with van der Waals surface area (Å²) in [5, 5.41) is 44.8. The number of carbonyl (C=O) groups is 3. The summed E-state index contributed by atoms with van der Waals surface area (Å²) in [5.41, 5.74) is 5.36. The molecule has 6 N–H and O–H groups in total. The second kappa shape index (κ2) is 10.0. The standard InChI is InChI=1S/C30H34N2O8/c1-32(2)24-19-13-16-12-18-15(7-4-14-5-9-17(40-3)10-6-14)8-11-20(33)22(18)25(34)21(16)27(36)30(19,39)28(37)23(26(24)35)29(31)38/h5-6,8-11,16,19,23-24,26,33-35,39H,4,7,12-13H2,1-3H3,(H2,31,38)/t16-,19-,23?,24-,26?,30-/m1/s1. The van der Waals surface area contributed by atoms with Crippen LogP contribution in [-0.4, -0.2) is 81.8 Å². The average Bonchev–Trinajstić information content (AvgIpc) is 2.90. The van der Waals surface area contributed by atoms with Crippen molar-refractivity contribution in [3.05, 3.63) is 64.2 Å². The molecule has 10 nitrogen and oxygen atoms in total. The number of phenolic OH excluding ortho intramolecular Hbond substituents is 1. The fraction of sp³-hybridized carbons (Fsp3) is 0.433. The molecule has 0 aliphatic heterocycles. The highest BCUT2D eigenvalue weighted by Gasteiger charge is 2.67. The highest BCUT2D eigenvalue weighted by molar-refractivity contribution is 6.25. The van der Waals surface area contributed by atoms with Gasteiger partial charge >= 0.3 is 0 Å². The van der Waals surface area contributed by atoms with Crippen LogP contribution in [0, 0.1) is 17.8 Å². The van der Waals surface area contributed by atoms with Crippen molar-refractivity contribution in [3.63, 3.8) is 0 Å². The first-order valence-electron chi connectivity index (χ1n) is 13.3. The summed E-state index contributed by atoms with van der Waals surface area (Å²) in [6.07, 6.45) is 0.137. The van der Waals surface area contributed by atoms with Gasteiger partial charge in [-0.1, -0.05) is 18.2 Å². The van der Waals surface area contributed by atoms with Crippen LogP contribution < -0.4 is 10.5 Å². The van der Waals surface area contributed by atoms with Crippen LogP contribution in [0.5, 0.6) is 11.5 Å². The van der Waals surface area contributed by atoms with Gasteiger partial charge in [-0.25, -0.2) is 0 Å². The molecule has 0 bridgehead atoms. The molecule has 212 valence electrons. The third-order valence-corrected chi connectivity index (χ3v) is 8.91. The third-order valence-electron chi connectivity index (χ3n) is 8.91. The average molecular weight is 551 g/mol. The van der Waals surface area contributed by atoms with Crippen molar-refractivity contribution in [2.45, 2.75) is 43.4 Å². The maximum Gasteiger partial charge on any atom is 0.230 e. The van der Waals surface area contributed by atoms with Crippen LogP contribution in [0.4, 0.5) is 0 Å². The summed E-state index contributed by atoms with van der Waals surface area (Å²) in [4.78, 5) is 41.1. The number of Topliss-reactive ketones (excluding diaryl/α,β-unsaturated/α-hetero) is 2. The predicted molar refractivity (Wildman–Crippen MR) is 144 cm³/mol. The van der Waals surface area contributed by atoms with E-state index >= 15 is 0 Å². The number of nitrogens with zero attached hydrogens (tertiary/aromatic N) is 1. The fourth-order valence-electron chi connectivity index (χ4n) is 6.97. The Bertz CT molecular complexity index is 1420. The lowest BCUT2D eigenvalue weighted by Gasteiger charge is -2.53. The lowest BCUT2D eigenvalue weighted by Crippen LogP contribution is -2.73. The highest BCUT2D eigenvalue weighted by Crippen LogP contribution is 2.52. The molecule has 3 aliphatic rings. The number of carbonyl (C=O) groups excluding carboxylic acids is 3. The maximum atomic E-state index is 13.9. The van der Waals surface area contributed by atoms with Crippen LogP contribution in [0.2, 0.25) is 0 Å². The van der Waals surface area contributed by atoms with E-state index in [1.807, 2.05) is 24.3 Å². The first-order valence-corrected chi connectivity index (χ1v) is 13.3.